The number of urea groups is 1. The number of hydrogen-bond donors (Lipinski definition) is 2. The van der Waals surface area contributed by atoms with Gasteiger partial charge in [0.05, 0.1) is 19.0 Å². The van der Waals surface area contributed by atoms with Crippen molar-refractivity contribution in [2.75, 3.05) is 44.1 Å². The molecule has 0 radical (unpaired) electrons. The molecule has 1 aromatic rings. The van der Waals surface area contributed by atoms with Crippen molar-refractivity contribution < 1.29 is 17.9 Å². The Morgan fingerprint density at radius 2 is 2.26 bits per heavy atom. The van der Waals surface area contributed by atoms with E-state index >= 15 is 0 Å². The molecule has 1 fully saturated rings. The Labute approximate surface area is 140 Å². The van der Waals surface area contributed by atoms with Crippen molar-refractivity contribution in [3.8, 4) is 0 Å². The van der Waals surface area contributed by atoms with Crippen LogP contribution in [0.15, 0.2) is 29.2 Å². The second kappa shape index (κ2) is 8.00. The first-order chi connectivity index (χ1) is 10.9. The molecule has 0 aliphatic carbocycles. The number of rotatable bonds is 5. The summed E-state index contributed by atoms with van der Waals surface area (Å²) in [5.74, 6) is 0. The molecule has 2 rings (SSSR count). The molecule has 1 heterocycles. The van der Waals surface area contributed by atoms with E-state index in [0.717, 1.165) is 4.90 Å². The van der Waals surface area contributed by atoms with Gasteiger partial charge in [-0.15, -0.1) is 11.8 Å². The Bertz CT molecular complexity index is 651. The van der Waals surface area contributed by atoms with Crippen LogP contribution in [0.25, 0.3) is 0 Å². The quantitative estimate of drug-likeness (QED) is 0.771. The number of anilines is 1. The highest BCUT2D eigenvalue weighted by Crippen LogP contribution is 2.18. The molecule has 2 N–H and O–H groups in total. The molecule has 0 unspecified atom stereocenters. The van der Waals surface area contributed by atoms with Crippen molar-refractivity contribution in [1.29, 1.82) is 0 Å². The third-order valence-electron chi connectivity index (χ3n) is 3.39. The summed E-state index contributed by atoms with van der Waals surface area (Å²) in [4.78, 5) is 13.0. The van der Waals surface area contributed by atoms with E-state index in [0.29, 0.717) is 18.8 Å². The third kappa shape index (κ3) is 5.69. The van der Waals surface area contributed by atoms with Gasteiger partial charge in [-0.05, 0) is 24.5 Å². The Balaban J connectivity index is 1.82. The fourth-order valence-electron chi connectivity index (χ4n) is 2.20. The highest BCUT2D eigenvalue weighted by Gasteiger charge is 2.26. The summed E-state index contributed by atoms with van der Waals surface area (Å²) < 4.78 is 29.9. The average molecular weight is 359 g/mol. The van der Waals surface area contributed by atoms with Gasteiger partial charge in [0.15, 0.2) is 0 Å². The summed E-state index contributed by atoms with van der Waals surface area (Å²) in [5.41, 5.74) is 0.705. The minimum Gasteiger partial charge on any atom is -0.374 e. The lowest BCUT2D eigenvalue weighted by molar-refractivity contribution is 0.00167. The van der Waals surface area contributed by atoms with E-state index in [1.807, 2.05) is 30.5 Å². The van der Waals surface area contributed by atoms with E-state index in [1.165, 1.54) is 10.6 Å². The molecule has 9 heteroatoms. The van der Waals surface area contributed by atoms with Gasteiger partial charge in [-0.2, -0.15) is 4.31 Å². The number of carbonyl (C=O) groups excluding carboxylic acids is 1. The van der Waals surface area contributed by atoms with Crippen molar-refractivity contribution in [2.45, 2.75) is 11.0 Å². The van der Waals surface area contributed by atoms with Crippen LogP contribution in [-0.4, -0.2) is 63.6 Å². The van der Waals surface area contributed by atoms with E-state index in [9.17, 15) is 13.2 Å². The minimum atomic E-state index is -3.23. The number of benzene rings is 1. The summed E-state index contributed by atoms with van der Waals surface area (Å²) in [6.45, 7) is 1.18. The molecule has 0 bridgehead atoms. The van der Waals surface area contributed by atoms with Crippen LogP contribution in [0, 0.1) is 0 Å². The molecule has 1 aromatic carbocycles. The maximum absolute atomic E-state index is 11.9. The first-order valence-electron chi connectivity index (χ1n) is 7.14. The Kier molecular flexibility index (Phi) is 6.28. The standard InChI is InChI=1S/C14H21N3O4S2/c1-22-13-5-3-4-11(8-13)16-14(18)15-9-12-10-17(6-7-21-12)23(2,19)20/h3-5,8,12H,6-7,9-10H2,1-2H3,(H2,15,16,18)/t12-/m0/s1. The Hall–Kier alpha value is -1.29. The number of carbonyl (C=O) groups is 1. The molecule has 0 aromatic heterocycles. The van der Waals surface area contributed by atoms with Crippen molar-refractivity contribution in [2.24, 2.45) is 0 Å². The van der Waals surface area contributed by atoms with E-state index in [-0.39, 0.29) is 25.2 Å². The van der Waals surface area contributed by atoms with Gasteiger partial charge in [-0.3, -0.25) is 0 Å². The van der Waals surface area contributed by atoms with Crippen LogP contribution in [0.5, 0.6) is 0 Å². The fourth-order valence-corrected chi connectivity index (χ4v) is 3.50. The molecule has 1 aliphatic heterocycles. The van der Waals surface area contributed by atoms with Gasteiger partial charge in [0, 0.05) is 30.2 Å². The van der Waals surface area contributed by atoms with Crippen LogP contribution < -0.4 is 10.6 Å². The highest BCUT2D eigenvalue weighted by molar-refractivity contribution is 7.98. The summed E-state index contributed by atoms with van der Waals surface area (Å²) in [7, 11) is -3.23. The molecule has 1 saturated heterocycles. The smallest absolute Gasteiger partial charge is 0.319 e. The summed E-state index contributed by atoms with van der Waals surface area (Å²) in [6, 6.07) is 7.18. The molecular weight excluding hydrogens is 338 g/mol. The molecule has 1 atom stereocenters. The van der Waals surface area contributed by atoms with Gasteiger partial charge < -0.3 is 15.4 Å². The first-order valence-corrected chi connectivity index (χ1v) is 10.2. The van der Waals surface area contributed by atoms with Gasteiger partial charge in [0.2, 0.25) is 10.0 Å². The lowest BCUT2D eigenvalue weighted by Crippen LogP contribution is -2.49. The highest BCUT2D eigenvalue weighted by atomic mass is 32.2. The molecule has 2 amide bonds. The van der Waals surface area contributed by atoms with Crippen molar-refractivity contribution >= 4 is 33.5 Å². The number of nitrogens with zero attached hydrogens (tertiary/aromatic N) is 1. The Morgan fingerprint density at radius 3 is 2.96 bits per heavy atom. The summed E-state index contributed by atoms with van der Waals surface area (Å²) in [6.07, 6.45) is 2.79. The van der Waals surface area contributed by atoms with Gasteiger partial charge in [-0.25, -0.2) is 13.2 Å². The SMILES string of the molecule is CSc1cccc(NC(=O)NC[C@H]2CN(S(C)(=O)=O)CCO2)c1. The minimum absolute atomic E-state index is 0.250. The van der Waals surface area contributed by atoms with Crippen LogP contribution in [-0.2, 0) is 14.8 Å². The third-order valence-corrected chi connectivity index (χ3v) is 5.38. The van der Waals surface area contributed by atoms with Crippen molar-refractivity contribution in [3.63, 3.8) is 0 Å². The van der Waals surface area contributed by atoms with Crippen LogP contribution in [0.2, 0.25) is 0 Å². The fraction of sp³-hybridized carbons (Fsp3) is 0.500. The van der Waals surface area contributed by atoms with Gasteiger partial charge in [0.25, 0.3) is 0 Å². The zero-order chi connectivity index (χ0) is 16.9. The number of ether oxygens (including phenoxy) is 1. The van der Waals surface area contributed by atoms with E-state index in [1.54, 1.807) is 11.8 Å². The monoisotopic (exact) mass is 359 g/mol. The number of morpholine rings is 1. The maximum atomic E-state index is 11.9. The first kappa shape index (κ1) is 18.1. The Morgan fingerprint density at radius 1 is 1.48 bits per heavy atom. The van der Waals surface area contributed by atoms with Gasteiger partial charge in [0.1, 0.15) is 0 Å². The van der Waals surface area contributed by atoms with Crippen LogP contribution in [0.3, 0.4) is 0 Å². The second-order valence-corrected chi connectivity index (χ2v) is 8.04. The molecule has 7 nitrogen and oxygen atoms in total. The lowest BCUT2D eigenvalue weighted by Gasteiger charge is -2.31. The lowest BCUT2D eigenvalue weighted by atomic mass is 10.3. The van der Waals surface area contributed by atoms with Crippen LogP contribution in [0.1, 0.15) is 0 Å². The van der Waals surface area contributed by atoms with Crippen LogP contribution >= 0.6 is 11.8 Å². The summed E-state index contributed by atoms with van der Waals surface area (Å²) >= 11 is 1.59. The number of nitrogens with one attached hydrogen (secondary N) is 2. The predicted octanol–water partition coefficient (Wildman–Crippen LogP) is 1.19. The second-order valence-electron chi connectivity index (χ2n) is 5.18. The molecule has 23 heavy (non-hydrogen) atoms. The normalized spacial score (nSPS) is 19.3. The zero-order valence-electron chi connectivity index (χ0n) is 13.1. The number of sulfonamides is 1. The van der Waals surface area contributed by atoms with E-state index < -0.39 is 10.0 Å². The maximum Gasteiger partial charge on any atom is 0.319 e. The van der Waals surface area contributed by atoms with Crippen LogP contribution in [0.4, 0.5) is 10.5 Å². The van der Waals surface area contributed by atoms with Gasteiger partial charge in [-0.1, -0.05) is 6.07 Å². The largest absolute Gasteiger partial charge is 0.374 e. The molecular formula is C14H21N3O4S2. The number of hydrogen-bond acceptors (Lipinski definition) is 5. The van der Waals surface area contributed by atoms with Crippen molar-refractivity contribution in [3.05, 3.63) is 24.3 Å². The van der Waals surface area contributed by atoms with Gasteiger partial charge >= 0.3 is 6.03 Å². The zero-order valence-corrected chi connectivity index (χ0v) is 14.7. The predicted molar refractivity (Wildman–Crippen MR) is 91.4 cm³/mol. The van der Waals surface area contributed by atoms with Crippen molar-refractivity contribution in [1.82, 2.24) is 9.62 Å². The molecule has 0 spiro atoms. The number of amides is 2. The average Bonchev–Trinajstić information content (AvgIpc) is 2.52. The van der Waals surface area contributed by atoms with E-state index in [2.05, 4.69) is 10.6 Å². The molecule has 128 valence electrons. The molecule has 0 saturated carbocycles. The topological polar surface area (TPSA) is 87.7 Å². The number of thioether (sulfide) groups is 1. The molecule has 1 aliphatic rings. The summed E-state index contributed by atoms with van der Waals surface area (Å²) in [5, 5.41) is 5.45. The van der Waals surface area contributed by atoms with E-state index in [4.69, 9.17) is 4.74 Å².